The van der Waals surface area contributed by atoms with Crippen LogP contribution in [-0.2, 0) is 10.0 Å². The summed E-state index contributed by atoms with van der Waals surface area (Å²) in [5, 5.41) is 20.4. The summed E-state index contributed by atoms with van der Waals surface area (Å²) in [6.45, 7) is 1.85. The lowest BCUT2D eigenvalue weighted by molar-refractivity contribution is 0.0999. The number of aryl methyl sites for hydroxylation is 1. The van der Waals surface area contributed by atoms with Crippen LogP contribution in [0.1, 0.15) is 15.2 Å². The molecule has 0 unspecified atom stereocenters. The van der Waals surface area contributed by atoms with Crippen molar-refractivity contribution in [3.63, 3.8) is 0 Å². The highest BCUT2D eigenvalue weighted by Crippen LogP contribution is 2.41. The Morgan fingerprint density at radius 1 is 1.03 bits per heavy atom. The van der Waals surface area contributed by atoms with E-state index in [1.807, 2.05) is 6.92 Å². The van der Waals surface area contributed by atoms with E-state index >= 15 is 0 Å². The SMILES string of the molecule is Cc1ccc(S(=O)(=O)n2c(O)c(N=NC(=O)c3cccs3)c3ccccc32)cc1. The maximum atomic E-state index is 13.2. The normalized spacial score (nSPS) is 12.0. The molecule has 0 spiro atoms. The van der Waals surface area contributed by atoms with E-state index in [2.05, 4.69) is 10.2 Å². The van der Waals surface area contributed by atoms with Crippen LogP contribution in [0.5, 0.6) is 5.88 Å². The quantitative estimate of drug-likeness (QED) is 0.471. The summed E-state index contributed by atoms with van der Waals surface area (Å²) in [5.41, 5.74) is 1.07. The Bertz CT molecular complexity index is 1340. The lowest BCUT2D eigenvalue weighted by Crippen LogP contribution is -2.12. The van der Waals surface area contributed by atoms with Crippen molar-refractivity contribution in [1.29, 1.82) is 0 Å². The van der Waals surface area contributed by atoms with Crippen molar-refractivity contribution in [2.45, 2.75) is 11.8 Å². The smallest absolute Gasteiger partial charge is 0.305 e. The fourth-order valence-corrected chi connectivity index (χ4v) is 4.91. The summed E-state index contributed by atoms with van der Waals surface area (Å²) in [7, 11) is -4.09. The lowest BCUT2D eigenvalue weighted by Gasteiger charge is -2.09. The van der Waals surface area contributed by atoms with Gasteiger partial charge in [-0.2, -0.15) is 0 Å². The van der Waals surface area contributed by atoms with Crippen molar-refractivity contribution in [1.82, 2.24) is 3.97 Å². The molecule has 9 heteroatoms. The first kappa shape index (κ1) is 19.0. The molecule has 0 radical (unpaired) electrons. The van der Waals surface area contributed by atoms with Gasteiger partial charge in [-0.1, -0.05) is 42.0 Å². The molecule has 7 nitrogen and oxygen atoms in total. The second-order valence-electron chi connectivity index (χ2n) is 6.25. The number of benzene rings is 2. The molecule has 0 saturated carbocycles. The van der Waals surface area contributed by atoms with Crippen LogP contribution in [0.4, 0.5) is 5.69 Å². The molecule has 0 fully saturated rings. The molecule has 2 aromatic heterocycles. The van der Waals surface area contributed by atoms with Gasteiger partial charge >= 0.3 is 5.91 Å². The highest BCUT2D eigenvalue weighted by Gasteiger charge is 2.27. The Morgan fingerprint density at radius 3 is 2.45 bits per heavy atom. The van der Waals surface area contributed by atoms with Gasteiger partial charge in [-0.25, -0.2) is 12.4 Å². The number of hydrogen-bond donors (Lipinski definition) is 1. The third kappa shape index (κ3) is 3.34. The van der Waals surface area contributed by atoms with Crippen molar-refractivity contribution in [2.24, 2.45) is 10.2 Å². The van der Waals surface area contributed by atoms with Crippen LogP contribution in [0.2, 0.25) is 0 Å². The molecular formula is C20H15N3O4S2. The van der Waals surface area contributed by atoms with Crippen molar-refractivity contribution < 1.29 is 18.3 Å². The number of thiophene rings is 1. The van der Waals surface area contributed by atoms with Gasteiger partial charge in [-0.3, -0.25) is 4.79 Å². The number of aromatic hydroxyl groups is 1. The Balaban J connectivity index is 1.87. The van der Waals surface area contributed by atoms with Crippen molar-refractivity contribution in [3.8, 4) is 5.88 Å². The van der Waals surface area contributed by atoms with Gasteiger partial charge in [-0.05, 0) is 36.6 Å². The number of carbonyl (C=O) groups excluding carboxylic acids is 1. The minimum atomic E-state index is -4.09. The standard InChI is InChI=1S/C20H15N3O4S2/c1-13-8-10-14(11-9-13)29(26,27)23-16-6-3-2-5-15(16)18(20(23)25)21-22-19(24)17-7-4-12-28-17/h2-12,25H,1H3. The number of azo groups is 1. The first-order valence-corrected chi connectivity index (χ1v) is 10.9. The molecule has 1 amide bonds. The van der Waals surface area contributed by atoms with E-state index in [-0.39, 0.29) is 16.1 Å². The third-order valence-corrected chi connectivity index (χ3v) is 6.89. The van der Waals surface area contributed by atoms with Gasteiger partial charge in [0.2, 0.25) is 5.88 Å². The zero-order valence-electron chi connectivity index (χ0n) is 15.2. The van der Waals surface area contributed by atoms with Gasteiger partial charge in [0, 0.05) is 5.39 Å². The fraction of sp³-hybridized carbons (Fsp3) is 0.0500. The van der Waals surface area contributed by atoms with E-state index in [4.69, 9.17) is 0 Å². The van der Waals surface area contributed by atoms with Crippen molar-refractivity contribution >= 4 is 43.9 Å². The number of nitrogens with zero attached hydrogens (tertiary/aromatic N) is 3. The third-order valence-electron chi connectivity index (χ3n) is 4.31. The predicted molar refractivity (Wildman–Crippen MR) is 111 cm³/mol. The summed E-state index contributed by atoms with van der Waals surface area (Å²) < 4.78 is 27.2. The topological polar surface area (TPSA) is 101 Å². The second kappa shape index (κ2) is 7.26. The maximum absolute atomic E-state index is 13.2. The fourth-order valence-electron chi connectivity index (χ4n) is 2.88. The second-order valence-corrected chi connectivity index (χ2v) is 8.99. The molecule has 1 N–H and O–H groups in total. The minimum absolute atomic E-state index is 0.0253. The molecule has 4 aromatic rings. The molecule has 29 heavy (non-hydrogen) atoms. The van der Waals surface area contributed by atoms with E-state index in [9.17, 15) is 18.3 Å². The van der Waals surface area contributed by atoms with Crippen LogP contribution in [0.15, 0.2) is 81.2 Å². The molecule has 0 atom stereocenters. The van der Waals surface area contributed by atoms with Crippen LogP contribution in [0.25, 0.3) is 10.9 Å². The van der Waals surface area contributed by atoms with E-state index in [0.717, 1.165) is 9.54 Å². The first-order chi connectivity index (χ1) is 13.9. The molecule has 2 aromatic carbocycles. The van der Waals surface area contributed by atoms with Gasteiger partial charge < -0.3 is 5.11 Å². The summed E-state index contributed by atoms with van der Waals surface area (Å²) in [6.07, 6.45) is 0. The molecule has 2 heterocycles. The number of carbonyl (C=O) groups is 1. The largest absolute Gasteiger partial charge is 0.492 e. The average Bonchev–Trinajstić information content (AvgIpc) is 3.33. The maximum Gasteiger partial charge on any atom is 0.305 e. The summed E-state index contributed by atoms with van der Waals surface area (Å²) >= 11 is 1.21. The predicted octanol–water partition coefficient (Wildman–Crippen LogP) is 4.88. The highest BCUT2D eigenvalue weighted by atomic mass is 32.2. The number of hydrogen-bond acceptors (Lipinski definition) is 6. The molecule has 4 rings (SSSR count). The molecule has 0 aliphatic rings. The lowest BCUT2D eigenvalue weighted by atomic mass is 10.2. The Kier molecular flexibility index (Phi) is 4.77. The van der Waals surface area contributed by atoms with Crippen LogP contribution >= 0.6 is 11.3 Å². The Morgan fingerprint density at radius 2 is 1.76 bits per heavy atom. The number of rotatable bonds is 4. The summed E-state index contributed by atoms with van der Waals surface area (Å²) in [6, 6.07) is 16.1. The van der Waals surface area contributed by atoms with Gasteiger partial charge in [0.15, 0.2) is 5.69 Å². The molecular weight excluding hydrogens is 410 g/mol. The summed E-state index contributed by atoms with van der Waals surface area (Å²) in [4.78, 5) is 12.5. The Labute approximate surface area is 170 Å². The van der Waals surface area contributed by atoms with E-state index in [1.54, 1.807) is 53.9 Å². The number of aromatic nitrogens is 1. The summed E-state index contributed by atoms with van der Waals surface area (Å²) in [5.74, 6) is -1.17. The van der Waals surface area contributed by atoms with Gasteiger partial charge in [-0.15, -0.1) is 21.6 Å². The van der Waals surface area contributed by atoms with Gasteiger partial charge in [0.05, 0.1) is 15.3 Å². The number of fused-ring (bicyclic) bond motifs is 1. The van der Waals surface area contributed by atoms with Crippen LogP contribution in [-0.4, -0.2) is 23.4 Å². The number of para-hydroxylation sites is 1. The molecule has 146 valence electrons. The zero-order valence-corrected chi connectivity index (χ0v) is 16.8. The monoisotopic (exact) mass is 425 g/mol. The van der Waals surface area contributed by atoms with Crippen LogP contribution < -0.4 is 0 Å². The van der Waals surface area contributed by atoms with Gasteiger partial charge in [0.25, 0.3) is 10.0 Å². The Hall–Kier alpha value is -3.30. The molecule has 0 bridgehead atoms. The number of amides is 1. The van der Waals surface area contributed by atoms with E-state index in [1.165, 1.54) is 23.5 Å². The van der Waals surface area contributed by atoms with Crippen molar-refractivity contribution in [3.05, 3.63) is 76.5 Å². The molecule has 0 aliphatic heterocycles. The zero-order chi connectivity index (χ0) is 20.6. The average molecular weight is 425 g/mol. The van der Waals surface area contributed by atoms with Gasteiger partial charge in [0.1, 0.15) is 0 Å². The molecule has 0 aliphatic carbocycles. The highest BCUT2D eigenvalue weighted by molar-refractivity contribution is 7.90. The van der Waals surface area contributed by atoms with E-state index in [0.29, 0.717) is 10.3 Å². The van der Waals surface area contributed by atoms with Crippen molar-refractivity contribution in [2.75, 3.05) is 0 Å². The minimum Gasteiger partial charge on any atom is -0.492 e. The van der Waals surface area contributed by atoms with Crippen LogP contribution in [0.3, 0.4) is 0 Å². The first-order valence-electron chi connectivity index (χ1n) is 8.54. The molecule has 0 saturated heterocycles. The van der Waals surface area contributed by atoms with Crippen LogP contribution in [0, 0.1) is 6.92 Å². The van der Waals surface area contributed by atoms with E-state index < -0.39 is 21.8 Å².